The number of carbonyl (C=O) groups excluding carboxylic acids is 2. The molecule has 1 saturated heterocycles. The Morgan fingerprint density at radius 1 is 1.11 bits per heavy atom. The van der Waals surface area contributed by atoms with Crippen molar-refractivity contribution in [2.45, 2.75) is 22.9 Å². The minimum atomic E-state index is -0.476. The molecule has 2 amide bonds. The second kappa shape index (κ2) is 7.50. The van der Waals surface area contributed by atoms with E-state index in [1.807, 2.05) is 55.5 Å². The van der Waals surface area contributed by atoms with Gasteiger partial charge < -0.3 is 5.32 Å². The standard InChI is InChI=1S/C19H16N4O2S2/c1-12-6-5-9-14(10-12)23-16(24)11-15(17(23)25)26-19-22-21-18(27-19)20-13-7-3-2-4-8-13/h2-10,15H,11H2,1H3,(H,20,21)/t15-/m1/s1. The number of thioether (sulfide) groups is 1. The van der Waals surface area contributed by atoms with Crippen molar-refractivity contribution in [2.24, 2.45) is 0 Å². The van der Waals surface area contributed by atoms with E-state index >= 15 is 0 Å². The zero-order chi connectivity index (χ0) is 18.8. The molecule has 136 valence electrons. The van der Waals surface area contributed by atoms with Crippen molar-refractivity contribution >= 4 is 51.4 Å². The third kappa shape index (κ3) is 3.86. The summed E-state index contributed by atoms with van der Waals surface area (Å²) < 4.78 is 0.658. The van der Waals surface area contributed by atoms with Crippen molar-refractivity contribution in [3.63, 3.8) is 0 Å². The molecule has 0 bridgehead atoms. The van der Waals surface area contributed by atoms with Gasteiger partial charge >= 0.3 is 0 Å². The highest BCUT2D eigenvalue weighted by Crippen LogP contribution is 2.36. The highest BCUT2D eigenvalue weighted by atomic mass is 32.2. The molecule has 0 unspecified atom stereocenters. The van der Waals surface area contributed by atoms with Gasteiger partial charge in [0.25, 0.3) is 0 Å². The highest BCUT2D eigenvalue weighted by Gasteiger charge is 2.40. The molecule has 0 radical (unpaired) electrons. The number of anilines is 3. The summed E-state index contributed by atoms with van der Waals surface area (Å²) in [5, 5.41) is 11.6. The minimum absolute atomic E-state index is 0.165. The molecular formula is C19H16N4O2S2. The fourth-order valence-corrected chi connectivity index (χ4v) is 4.85. The molecule has 2 heterocycles. The van der Waals surface area contributed by atoms with Crippen LogP contribution in [-0.2, 0) is 9.59 Å². The lowest BCUT2D eigenvalue weighted by Gasteiger charge is -2.15. The number of benzene rings is 2. The van der Waals surface area contributed by atoms with Gasteiger partial charge in [0, 0.05) is 12.1 Å². The third-order valence-electron chi connectivity index (χ3n) is 4.04. The van der Waals surface area contributed by atoms with E-state index in [1.54, 1.807) is 6.07 Å². The number of carbonyl (C=O) groups is 2. The average Bonchev–Trinajstić information content (AvgIpc) is 3.20. The van der Waals surface area contributed by atoms with Crippen LogP contribution in [0.2, 0.25) is 0 Å². The largest absolute Gasteiger partial charge is 0.330 e. The Kier molecular flexibility index (Phi) is 4.91. The molecule has 0 aliphatic carbocycles. The Hall–Kier alpha value is -2.71. The molecule has 0 spiro atoms. The van der Waals surface area contributed by atoms with Crippen LogP contribution < -0.4 is 10.2 Å². The van der Waals surface area contributed by atoms with Gasteiger partial charge in [0.1, 0.15) is 5.25 Å². The van der Waals surface area contributed by atoms with E-state index in [2.05, 4.69) is 15.5 Å². The summed E-state index contributed by atoms with van der Waals surface area (Å²) in [7, 11) is 0. The number of aryl methyl sites for hydroxylation is 1. The van der Waals surface area contributed by atoms with Crippen LogP contribution in [0.5, 0.6) is 0 Å². The number of hydrogen-bond acceptors (Lipinski definition) is 7. The van der Waals surface area contributed by atoms with E-state index in [9.17, 15) is 9.59 Å². The molecule has 1 atom stereocenters. The predicted molar refractivity (Wildman–Crippen MR) is 108 cm³/mol. The second-order valence-electron chi connectivity index (χ2n) is 6.08. The Balaban J connectivity index is 1.46. The maximum atomic E-state index is 12.8. The first kappa shape index (κ1) is 17.7. The zero-order valence-corrected chi connectivity index (χ0v) is 16.1. The topological polar surface area (TPSA) is 75.2 Å². The van der Waals surface area contributed by atoms with Crippen molar-refractivity contribution in [3.05, 3.63) is 60.2 Å². The summed E-state index contributed by atoms with van der Waals surface area (Å²) in [4.78, 5) is 26.4. The van der Waals surface area contributed by atoms with Crippen molar-refractivity contribution < 1.29 is 9.59 Å². The molecular weight excluding hydrogens is 380 g/mol. The maximum Gasteiger partial charge on any atom is 0.247 e. The smallest absolute Gasteiger partial charge is 0.247 e. The lowest BCUT2D eigenvalue weighted by Crippen LogP contribution is -2.31. The average molecular weight is 396 g/mol. The summed E-state index contributed by atoms with van der Waals surface area (Å²) in [5.74, 6) is -0.390. The number of hydrogen-bond donors (Lipinski definition) is 1. The van der Waals surface area contributed by atoms with Crippen molar-refractivity contribution in [2.75, 3.05) is 10.2 Å². The molecule has 1 N–H and O–H groups in total. The molecule has 2 aromatic carbocycles. The van der Waals surface area contributed by atoms with Crippen LogP contribution in [0.1, 0.15) is 12.0 Å². The van der Waals surface area contributed by atoms with Crippen LogP contribution in [0.25, 0.3) is 0 Å². The SMILES string of the molecule is Cc1cccc(N2C(=O)C[C@@H](Sc3nnc(Nc4ccccc4)s3)C2=O)c1. The lowest BCUT2D eigenvalue weighted by atomic mass is 10.2. The number of imide groups is 1. The van der Waals surface area contributed by atoms with E-state index in [0.717, 1.165) is 11.3 Å². The molecule has 1 fully saturated rings. The van der Waals surface area contributed by atoms with Gasteiger partial charge in [-0.15, -0.1) is 10.2 Å². The van der Waals surface area contributed by atoms with Crippen LogP contribution in [-0.4, -0.2) is 27.3 Å². The fourth-order valence-electron chi connectivity index (χ4n) is 2.81. The number of rotatable bonds is 5. The van der Waals surface area contributed by atoms with E-state index in [0.29, 0.717) is 15.2 Å². The minimum Gasteiger partial charge on any atom is -0.330 e. The lowest BCUT2D eigenvalue weighted by molar-refractivity contribution is -0.121. The monoisotopic (exact) mass is 396 g/mol. The van der Waals surface area contributed by atoms with Crippen LogP contribution in [0.4, 0.5) is 16.5 Å². The van der Waals surface area contributed by atoms with Gasteiger partial charge in [-0.05, 0) is 36.8 Å². The zero-order valence-electron chi connectivity index (χ0n) is 14.5. The van der Waals surface area contributed by atoms with Gasteiger partial charge in [-0.2, -0.15) is 0 Å². The fraction of sp³-hybridized carbons (Fsp3) is 0.158. The summed E-state index contributed by atoms with van der Waals surface area (Å²) in [6, 6.07) is 17.1. The molecule has 1 aliphatic heterocycles. The number of amides is 2. The molecule has 1 aromatic heterocycles. The van der Waals surface area contributed by atoms with Gasteiger partial charge in [0.2, 0.25) is 16.9 Å². The highest BCUT2D eigenvalue weighted by molar-refractivity contribution is 8.02. The van der Waals surface area contributed by atoms with Crippen LogP contribution in [0.15, 0.2) is 58.9 Å². The number of para-hydroxylation sites is 1. The molecule has 4 rings (SSSR count). The molecule has 6 nitrogen and oxygen atoms in total. The Morgan fingerprint density at radius 3 is 2.70 bits per heavy atom. The van der Waals surface area contributed by atoms with Gasteiger partial charge in [0.05, 0.1) is 5.69 Å². The van der Waals surface area contributed by atoms with E-state index in [4.69, 9.17) is 0 Å². The molecule has 3 aromatic rings. The number of aromatic nitrogens is 2. The number of nitrogens with one attached hydrogen (secondary N) is 1. The molecule has 0 saturated carbocycles. The molecule has 1 aliphatic rings. The van der Waals surface area contributed by atoms with Crippen molar-refractivity contribution in [3.8, 4) is 0 Å². The second-order valence-corrected chi connectivity index (χ2v) is 8.51. The first-order chi connectivity index (χ1) is 13.1. The van der Waals surface area contributed by atoms with Gasteiger partial charge in [-0.1, -0.05) is 53.4 Å². The van der Waals surface area contributed by atoms with Crippen molar-refractivity contribution in [1.29, 1.82) is 0 Å². The Labute approximate surface area is 164 Å². The normalized spacial score (nSPS) is 16.8. The van der Waals surface area contributed by atoms with E-state index < -0.39 is 5.25 Å². The van der Waals surface area contributed by atoms with Gasteiger partial charge in [-0.3, -0.25) is 9.59 Å². The van der Waals surface area contributed by atoms with Crippen LogP contribution in [0.3, 0.4) is 0 Å². The van der Waals surface area contributed by atoms with Gasteiger partial charge in [-0.25, -0.2) is 4.90 Å². The Bertz CT molecular complexity index is 990. The third-order valence-corrected chi connectivity index (χ3v) is 6.15. The molecule has 27 heavy (non-hydrogen) atoms. The Morgan fingerprint density at radius 2 is 1.93 bits per heavy atom. The quantitative estimate of drug-likeness (QED) is 0.657. The molecule has 8 heteroatoms. The van der Waals surface area contributed by atoms with Crippen LogP contribution in [0, 0.1) is 6.92 Å². The maximum absolute atomic E-state index is 12.8. The van der Waals surface area contributed by atoms with Crippen LogP contribution >= 0.6 is 23.1 Å². The van der Waals surface area contributed by atoms with E-state index in [1.165, 1.54) is 28.0 Å². The van der Waals surface area contributed by atoms with E-state index in [-0.39, 0.29) is 18.2 Å². The summed E-state index contributed by atoms with van der Waals surface area (Å²) in [5.41, 5.74) is 2.55. The first-order valence-electron chi connectivity index (χ1n) is 8.36. The van der Waals surface area contributed by atoms with Crippen molar-refractivity contribution in [1.82, 2.24) is 10.2 Å². The first-order valence-corrected chi connectivity index (χ1v) is 10.1. The summed E-state index contributed by atoms with van der Waals surface area (Å²) in [6.45, 7) is 1.93. The summed E-state index contributed by atoms with van der Waals surface area (Å²) in [6.07, 6.45) is 0.165. The summed E-state index contributed by atoms with van der Waals surface area (Å²) >= 11 is 2.65. The number of nitrogens with zero attached hydrogens (tertiary/aromatic N) is 3. The van der Waals surface area contributed by atoms with Gasteiger partial charge in [0.15, 0.2) is 4.34 Å². The predicted octanol–water partition coefficient (Wildman–Crippen LogP) is 4.01.